The highest BCUT2D eigenvalue weighted by atomic mass is 32.1. The zero-order valence-electron chi connectivity index (χ0n) is 12.5. The van der Waals surface area contributed by atoms with Crippen LogP contribution in [0.2, 0.25) is 0 Å². The molecule has 1 saturated heterocycles. The fourth-order valence-corrected chi connectivity index (χ4v) is 4.07. The number of rotatable bonds is 3. The van der Waals surface area contributed by atoms with Gasteiger partial charge in [0.15, 0.2) is 5.82 Å². The Morgan fingerprint density at radius 3 is 2.73 bits per heavy atom. The molecular weight excluding hydrogens is 292 g/mol. The Hall–Kier alpha value is -2.14. The summed E-state index contributed by atoms with van der Waals surface area (Å²) in [6.45, 7) is 1.04. The Balaban J connectivity index is 1.70. The van der Waals surface area contributed by atoms with Crippen LogP contribution in [0.4, 0.5) is 5.95 Å². The van der Waals surface area contributed by atoms with Crippen molar-refractivity contribution in [3.63, 3.8) is 0 Å². The fraction of sp³-hybridized carbons (Fsp3) is 0.294. The first kappa shape index (κ1) is 13.5. The number of aromatic nitrogens is 3. The highest BCUT2D eigenvalue weighted by Gasteiger charge is 2.30. The van der Waals surface area contributed by atoms with Gasteiger partial charge >= 0.3 is 0 Å². The van der Waals surface area contributed by atoms with E-state index in [2.05, 4.69) is 56.4 Å². The van der Waals surface area contributed by atoms with Crippen LogP contribution in [0.3, 0.4) is 0 Å². The molecule has 0 radical (unpaired) electrons. The van der Waals surface area contributed by atoms with Gasteiger partial charge in [0.2, 0.25) is 5.95 Å². The average molecular weight is 310 g/mol. The second-order valence-electron chi connectivity index (χ2n) is 5.62. The Kier molecular flexibility index (Phi) is 3.42. The third-order valence-electron chi connectivity index (χ3n) is 4.27. The summed E-state index contributed by atoms with van der Waals surface area (Å²) in [7, 11) is 2.06. The predicted octanol–water partition coefficient (Wildman–Crippen LogP) is 3.89. The molecule has 1 aliphatic heterocycles. The first-order valence-electron chi connectivity index (χ1n) is 7.59. The lowest BCUT2D eigenvalue weighted by Crippen LogP contribution is -2.25. The van der Waals surface area contributed by atoms with Gasteiger partial charge in [-0.3, -0.25) is 4.57 Å². The molecule has 3 heterocycles. The molecule has 0 N–H and O–H groups in total. The predicted molar refractivity (Wildman–Crippen MR) is 90.1 cm³/mol. The van der Waals surface area contributed by atoms with Gasteiger partial charge < -0.3 is 4.90 Å². The highest BCUT2D eigenvalue weighted by molar-refractivity contribution is 7.10. The lowest BCUT2D eigenvalue weighted by Gasteiger charge is -2.24. The van der Waals surface area contributed by atoms with Crippen LogP contribution in [0, 0.1) is 0 Å². The molecule has 22 heavy (non-hydrogen) atoms. The third kappa shape index (κ3) is 2.22. The molecular formula is C17H18N4S. The lowest BCUT2D eigenvalue weighted by molar-refractivity contribution is 0.697. The number of hydrogen-bond donors (Lipinski definition) is 0. The van der Waals surface area contributed by atoms with Crippen molar-refractivity contribution < 1.29 is 0 Å². The molecule has 3 aromatic rings. The summed E-state index contributed by atoms with van der Waals surface area (Å²) in [6.07, 6.45) is 2.39. The van der Waals surface area contributed by atoms with Crippen LogP contribution >= 0.6 is 11.3 Å². The van der Waals surface area contributed by atoms with Crippen molar-refractivity contribution in [2.75, 3.05) is 11.4 Å². The molecule has 0 amide bonds. The zero-order chi connectivity index (χ0) is 14.9. The molecule has 2 aromatic heterocycles. The first-order valence-corrected chi connectivity index (χ1v) is 8.47. The van der Waals surface area contributed by atoms with Crippen molar-refractivity contribution in [1.29, 1.82) is 0 Å². The zero-order valence-corrected chi connectivity index (χ0v) is 13.3. The van der Waals surface area contributed by atoms with E-state index in [1.165, 1.54) is 17.7 Å². The van der Waals surface area contributed by atoms with E-state index in [1.54, 1.807) is 0 Å². The van der Waals surface area contributed by atoms with Crippen LogP contribution < -0.4 is 4.90 Å². The fourth-order valence-electron chi connectivity index (χ4n) is 3.19. The summed E-state index contributed by atoms with van der Waals surface area (Å²) in [5.41, 5.74) is 1.11. The quantitative estimate of drug-likeness (QED) is 0.736. The summed E-state index contributed by atoms with van der Waals surface area (Å²) in [4.78, 5) is 3.81. The van der Waals surface area contributed by atoms with Crippen molar-refractivity contribution >= 4 is 17.3 Å². The minimum atomic E-state index is 0.437. The van der Waals surface area contributed by atoms with Crippen LogP contribution in [0.1, 0.15) is 23.8 Å². The highest BCUT2D eigenvalue weighted by Crippen LogP contribution is 2.37. The van der Waals surface area contributed by atoms with Crippen molar-refractivity contribution in [2.45, 2.75) is 18.9 Å². The van der Waals surface area contributed by atoms with Gasteiger partial charge in [0.1, 0.15) is 0 Å². The minimum absolute atomic E-state index is 0.437. The van der Waals surface area contributed by atoms with E-state index >= 15 is 0 Å². The molecule has 4 nitrogen and oxygen atoms in total. The monoisotopic (exact) mass is 310 g/mol. The van der Waals surface area contributed by atoms with Crippen molar-refractivity contribution in [2.24, 2.45) is 7.05 Å². The van der Waals surface area contributed by atoms with Gasteiger partial charge in [0.05, 0.1) is 6.04 Å². The van der Waals surface area contributed by atoms with E-state index in [-0.39, 0.29) is 0 Å². The number of benzene rings is 1. The van der Waals surface area contributed by atoms with Gasteiger partial charge in [-0.15, -0.1) is 21.5 Å². The summed E-state index contributed by atoms with van der Waals surface area (Å²) in [5.74, 6) is 1.89. The number of hydrogen-bond acceptors (Lipinski definition) is 4. The van der Waals surface area contributed by atoms with E-state index in [4.69, 9.17) is 0 Å². The van der Waals surface area contributed by atoms with E-state index in [9.17, 15) is 0 Å². The standard InChI is InChI=1S/C17H18N4S/c1-20-16(13-7-3-2-4-8-13)18-19-17(20)21-11-5-9-14(21)15-10-6-12-22-15/h2-4,6-8,10,12,14H,5,9,11H2,1H3. The van der Waals surface area contributed by atoms with Gasteiger partial charge in [0, 0.05) is 24.0 Å². The van der Waals surface area contributed by atoms with Crippen LogP contribution in [-0.4, -0.2) is 21.3 Å². The van der Waals surface area contributed by atoms with Crippen molar-refractivity contribution in [1.82, 2.24) is 14.8 Å². The molecule has 0 saturated carbocycles. The van der Waals surface area contributed by atoms with Crippen molar-refractivity contribution in [3.8, 4) is 11.4 Å². The molecule has 0 aliphatic carbocycles. The molecule has 0 spiro atoms. The maximum absolute atomic E-state index is 4.48. The van der Waals surface area contributed by atoms with E-state index in [1.807, 2.05) is 29.5 Å². The minimum Gasteiger partial charge on any atom is -0.333 e. The topological polar surface area (TPSA) is 34.0 Å². The molecule has 1 aromatic carbocycles. The number of thiophene rings is 1. The van der Waals surface area contributed by atoms with Gasteiger partial charge in [-0.25, -0.2) is 0 Å². The van der Waals surface area contributed by atoms with Crippen LogP contribution in [-0.2, 0) is 7.05 Å². The Morgan fingerprint density at radius 2 is 1.95 bits per heavy atom. The second-order valence-corrected chi connectivity index (χ2v) is 6.59. The Morgan fingerprint density at radius 1 is 1.09 bits per heavy atom. The molecule has 1 aliphatic rings. The maximum Gasteiger partial charge on any atom is 0.227 e. The third-order valence-corrected chi connectivity index (χ3v) is 5.24. The van der Waals surface area contributed by atoms with Crippen LogP contribution in [0.25, 0.3) is 11.4 Å². The molecule has 1 unspecified atom stereocenters. The first-order chi connectivity index (χ1) is 10.8. The summed E-state index contributed by atoms with van der Waals surface area (Å²) >= 11 is 1.83. The van der Waals surface area contributed by atoms with E-state index in [0.717, 1.165) is 23.9 Å². The van der Waals surface area contributed by atoms with Gasteiger partial charge in [-0.1, -0.05) is 36.4 Å². The Bertz CT molecular complexity index is 748. The van der Waals surface area contributed by atoms with Gasteiger partial charge in [-0.05, 0) is 24.3 Å². The molecule has 4 rings (SSSR count). The molecule has 5 heteroatoms. The maximum atomic E-state index is 4.48. The lowest BCUT2D eigenvalue weighted by atomic mass is 10.2. The SMILES string of the molecule is Cn1c(-c2ccccc2)nnc1N1CCCC1c1cccs1. The van der Waals surface area contributed by atoms with Gasteiger partial charge in [0.25, 0.3) is 0 Å². The summed E-state index contributed by atoms with van der Waals surface area (Å²) < 4.78 is 2.11. The molecule has 1 fully saturated rings. The van der Waals surface area contributed by atoms with Gasteiger partial charge in [-0.2, -0.15) is 0 Å². The smallest absolute Gasteiger partial charge is 0.227 e. The Labute approximate surface area is 134 Å². The normalized spacial score (nSPS) is 18.0. The molecule has 112 valence electrons. The summed E-state index contributed by atoms with van der Waals surface area (Å²) in [5, 5.41) is 11.0. The summed E-state index contributed by atoms with van der Waals surface area (Å²) in [6, 6.07) is 15.0. The van der Waals surface area contributed by atoms with Crippen LogP contribution in [0.5, 0.6) is 0 Å². The van der Waals surface area contributed by atoms with E-state index < -0.39 is 0 Å². The number of anilines is 1. The average Bonchev–Trinajstić information content (AvgIpc) is 3.27. The largest absolute Gasteiger partial charge is 0.333 e. The molecule has 1 atom stereocenters. The molecule has 0 bridgehead atoms. The van der Waals surface area contributed by atoms with Crippen molar-refractivity contribution in [3.05, 3.63) is 52.7 Å². The number of nitrogens with zero attached hydrogens (tertiary/aromatic N) is 4. The van der Waals surface area contributed by atoms with E-state index in [0.29, 0.717) is 6.04 Å². The van der Waals surface area contributed by atoms with Crippen LogP contribution in [0.15, 0.2) is 47.8 Å². The second kappa shape index (κ2) is 5.57.